The molecule has 0 aromatic heterocycles. The standard InChI is InChI=1S/C15H21N3O2S/c1-11(18-6-3-8-20-9-7-18)15(19)17-13-5-2-4-12(10-13)14(16)21/h2,4-5,10-11H,3,6-9H2,1H3,(H2,16,21)(H,17,19). The van der Waals surface area contributed by atoms with Crippen LogP contribution in [0.1, 0.15) is 18.9 Å². The van der Waals surface area contributed by atoms with Gasteiger partial charge in [-0.25, -0.2) is 0 Å². The minimum absolute atomic E-state index is 0.0306. The Morgan fingerprint density at radius 2 is 2.24 bits per heavy atom. The Hall–Kier alpha value is -1.50. The molecule has 2 rings (SSSR count). The fraction of sp³-hybridized carbons (Fsp3) is 0.467. The Balaban J connectivity index is 1.99. The first kappa shape index (κ1) is 15.9. The highest BCUT2D eigenvalue weighted by Gasteiger charge is 2.22. The minimum atomic E-state index is -0.194. The van der Waals surface area contributed by atoms with Crippen LogP contribution in [0.25, 0.3) is 0 Å². The quantitative estimate of drug-likeness (QED) is 0.822. The summed E-state index contributed by atoms with van der Waals surface area (Å²) in [6, 6.07) is 7.08. The van der Waals surface area contributed by atoms with E-state index in [-0.39, 0.29) is 11.9 Å². The van der Waals surface area contributed by atoms with Gasteiger partial charge in [-0.3, -0.25) is 9.69 Å². The van der Waals surface area contributed by atoms with E-state index in [0.717, 1.165) is 31.7 Å². The number of carbonyl (C=O) groups is 1. The molecule has 5 nitrogen and oxygen atoms in total. The molecule has 1 saturated heterocycles. The molecular formula is C15H21N3O2S. The Morgan fingerprint density at radius 1 is 1.43 bits per heavy atom. The van der Waals surface area contributed by atoms with E-state index in [1.165, 1.54) is 0 Å². The highest BCUT2D eigenvalue weighted by atomic mass is 32.1. The topological polar surface area (TPSA) is 67.6 Å². The summed E-state index contributed by atoms with van der Waals surface area (Å²) >= 11 is 4.95. The SMILES string of the molecule is CC(C(=O)Nc1cccc(C(N)=S)c1)N1CCCOCC1. The van der Waals surface area contributed by atoms with Crippen LogP contribution in [0, 0.1) is 0 Å². The molecule has 0 radical (unpaired) electrons. The summed E-state index contributed by atoms with van der Waals surface area (Å²) in [4.78, 5) is 14.8. The Morgan fingerprint density at radius 3 is 3.00 bits per heavy atom. The van der Waals surface area contributed by atoms with E-state index in [4.69, 9.17) is 22.7 Å². The van der Waals surface area contributed by atoms with Crippen LogP contribution < -0.4 is 11.1 Å². The molecule has 1 amide bonds. The van der Waals surface area contributed by atoms with Crippen LogP contribution in [0.2, 0.25) is 0 Å². The fourth-order valence-electron chi connectivity index (χ4n) is 2.32. The molecule has 0 saturated carbocycles. The number of anilines is 1. The van der Waals surface area contributed by atoms with Gasteiger partial charge in [0.1, 0.15) is 4.99 Å². The third kappa shape index (κ3) is 4.49. The van der Waals surface area contributed by atoms with Gasteiger partial charge in [0.25, 0.3) is 0 Å². The van der Waals surface area contributed by atoms with E-state index in [0.29, 0.717) is 17.3 Å². The first-order valence-electron chi connectivity index (χ1n) is 7.10. The number of hydrogen-bond acceptors (Lipinski definition) is 4. The zero-order valence-corrected chi connectivity index (χ0v) is 13.0. The first-order chi connectivity index (χ1) is 10.1. The number of amides is 1. The van der Waals surface area contributed by atoms with E-state index in [1.807, 2.05) is 25.1 Å². The largest absolute Gasteiger partial charge is 0.389 e. The summed E-state index contributed by atoms with van der Waals surface area (Å²) < 4.78 is 5.41. The van der Waals surface area contributed by atoms with Gasteiger partial charge in [-0.05, 0) is 25.5 Å². The molecule has 0 bridgehead atoms. The monoisotopic (exact) mass is 307 g/mol. The van der Waals surface area contributed by atoms with Crippen molar-refractivity contribution in [3.8, 4) is 0 Å². The lowest BCUT2D eigenvalue weighted by molar-refractivity contribution is -0.120. The molecular weight excluding hydrogens is 286 g/mol. The molecule has 1 fully saturated rings. The van der Waals surface area contributed by atoms with Gasteiger partial charge >= 0.3 is 0 Å². The van der Waals surface area contributed by atoms with Crippen molar-refractivity contribution in [3.63, 3.8) is 0 Å². The molecule has 1 aromatic rings. The third-order valence-electron chi connectivity index (χ3n) is 3.60. The van der Waals surface area contributed by atoms with Crippen molar-refractivity contribution in [2.45, 2.75) is 19.4 Å². The number of nitrogens with zero attached hydrogens (tertiary/aromatic N) is 1. The second-order valence-corrected chi connectivity index (χ2v) is 5.55. The second-order valence-electron chi connectivity index (χ2n) is 5.11. The first-order valence-corrected chi connectivity index (χ1v) is 7.51. The van der Waals surface area contributed by atoms with Gasteiger partial charge in [-0.2, -0.15) is 0 Å². The molecule has 1 aliphatic rings. The predicted molar refractivity (Wildman–Crippen MR) is 87.4 cm³/mol. The van der Waals surface area contributed by atoms with E-state index in [1.54, 1.807) is 6.07 Å². The van der Waals surface area contributed by atoms with Crippen LogP contribution in [0.5, 0.6) is 0 Å². The van der Waals surface area contributed by atoms with Crippen LogP contribution in [-0.4, -0.2) is 48.1 Å². The van der Waals surface area contributed by atoms with Crippen molar-refractivity contribution in [3.05, 3.63) is 29.8 Å². The molecule has 21 heavy (non-hydrogen) atoms. The number of carbonyl (C=O) groups excluding carboxylic acids is 1. The lowest BCUT2D eigenvalue weighted by atomic mass is 10.2. The van der Waals surface area contributed by atoms with Crippen molar-refractivity contribution < 1.29 is 9.53 Å². The molecule has 3 N–H and O–H groups in total. The molecule has 6 heteroatoms. The smallest absolute Gasteiger partial charge is 0.241 e. The zero-order chi connectivity index (χ0) is 15.2. The average molecular weight is 307 g/mol. The van der Waals surface area contributed by atoms with Gasteiger partial charge in [0.2, 0.25) is 5.91 Å². The van der Waals surface area contributed by atoms with Gasteiger partial charge in [-0.1, -0.05) is 24.4 Å². The lowest BCUT2D eigenvalue weighted by Gasteiger charge is -2.26. The Kier molecular flexibility index (Phi) is 5.67. The normalized spacial score (nSPS) is 17.8. The van der Waals surface area contributed by atoms with Crippen molar-refractivity contribution in [1.82, 2.24) is 4.90 Å². The van der Waals surface area contributed by atoms with Crippen LogP contribution in [0.4, 0.5) is 5.69 Å². The van der Waals surface area contributed by atoms with Gasteiger partial charge in [-0.15, -0.1) is 0 Å². The molecule has 0 spiro atoms. The molecule has 1 unspecified atom stereocenters. The van der Waals surface area contributed by atoms with Crippen LogP contribution in [0.3, 0.4) is 0 Å². The molecule has 1 heterocycles. The number of nitrogens with two attached hydrogens (primary N) is 1. The summed E-state index contributed by atoms with van der Waals surface area (Å²) in [6.45, 7) is 5.01. The summed E-state index contributed by atoms with van der Waals surface area (Å²) in [6.07, 6.45) is 0.953. The molecule has 1 aliphatic heterocycles. The van der Waals surface area contributed by atoms with Crippen molar-refractivity contribution >= 4 is 28.8 Å². The molecule has 1 aromatic carbocycles. The van der Waals surface area contributed by atoms with Gasteiger partial charge < -0.3 is 15.8 Å². The summed E-state index contributed by atoms with van der Waals surface area (Å²) in [5, 5.41) is 2.92. The summed E-state index contributed by atoms with van der Waals surface area (Å²) in [5.74, 6) is -0.0306. The average Bonchev–Trinajstić information content (AvgIpc) is 2.75. The Bertz CT molecular complexity index is 513. The maximum atomic E-state index is 12.3. The minimum Gasteiger partial charge on any atom is -0.389 e. The molecule has 0 aliphatic carbocycles. The summed E-state index contributed by atoms with van der Waals surface area (Å²) in [7, 11) is 0. The third-order valence-corrected chi connectivity index (χ3v) is 3.83. The van der Waals surface area contributed by atoms with Gasteiger partial charge in [0.15, 0.2) is 0 Å². The molecule has 114 valence electrons. The van der Waals surface area contributed by atoms with E-state index in [9.17, 15) is 4.79 Å². The highest BCUT2D eigenvalue weighted by Crippen LogP contribution is 2.13. The van der Waals surface area contributed by atoms with Crippen LogP contribution in [-0.2, 0) is 9.53 Å². The maximum Gasteiger partial charge on any atom is 0.241 e. The van der Waals surface area contributed by atoms with Crippen LogP contribution in [0.15, 0.2) is 24.3 Å². The fourth-order valence-corrected chi connectivity index (χ4v) is 2.44. The second kappa shape index (κ2) is 7.49. The van der Waals surface area contributed by atoms with E-state index in [2.05, 4.69) is 10.2 Å². The van der Waals surface area contributed by atoms with Gasteiger partial charge in [0.05, 0.1) is 12.6 Å². The van der Waals surface area contributed by atoms with E-state index < -0.39 is 0 Å². The molecule has 1 atom stereocenters. The summed E-state index contributed by atoms with van der Waals surface area (Å²) in [5.41, 5.74) is 7.06. The number of nitrogens with one attached hydrogen (secondary N) is 1. The number of ether oxygens (including phenoxy) is 1. The maximum absolute atomic E-state index is 12.3. The number of benzene rings is 1. The zero-order valence-electron chi connectivity index (χ0n) is 12.2. The number of rotatable bonds is 4. The van der Waals surface area contributed by atoms with Crippen molar-refractivity contribution in [2.24, 2.45) is 5.73 Å². The van der Waals surface area contributed by atoms with Crippen molar-refractivity contribution in [1.29, 1.82) is 0 Å². The Labute approximate surface area is 130 Å². The highest BCUT2D eigenvalue weighted by molar-refractivity contribution is 7.80. The number of hydrogen-bond donors (Lipinski definition) is 2. The lowest BCUT2D eigenvalue weighted by Crippen LogP contribution is -2.43. The predicted octanol–water partition coefficient (Wildman–Crippen LogP) is 1.37. The number of thiocarbonyl (C=S) groups is 1. The van der Waals surface area contributed by atoms with Crippen LogP contribution >= 0.6 is 12.2 Å². The van der Waals surface area contributed by atoms with Gasteiger partial charge in [0, 0.05) is 30.9 Å². The van der Waals surface area contributed by atoms with E-state index >= 15 is 0 Å². The van der Waals surface area contributed by atoms with Crippen molar-refractivity contribution in [2.75, 3.05) is 31.6 Å².